The molecule has 0 spiro atoms. The summed E-state index contributed by atoms with van der Waals surface area (Å²) < 4.78 is 0. The Morgan fingerprint density at radius 1 is 1.23 bits per heavy atom. The number of likely N-dealkylation sites (tertiary alicyclic amines) is 1. The second kappa shape index (κ2) is 6.52. The lowest BCUT2D eigenvalue weighted by molar-refractivity contribution is -0.137. The van der Waals surface area contributed by atoms with Crippen LogP contribution in [0.1, 0.15) is 62.7 Å². The van der Waals surface area contributed by atoms with Gasteiger partial charge >= 0.3 is 0 Å². The van der Waals surface area contributed by atoms with Crippen molar-refractivity contribution < 1.29 is 9.59 Å². The number of hydrogen-bond acceptors (Lipinski definition) is 4. The third kappa shape index (κ3) is 3.04. The molecule has 140 valence electrons. The molecule has 0 aromatic carbocycles. The quantitative estimate of drug-likeness (QED) is 0.865. The molecule has 1 aromatic heterocycles. The third-order valence-corrected chi connectivity index (χ3v) is 6.06. The summed E-state index contributed by atoms with van der Waals surface area (Å²) in [4.78, 5) is 48.3. The summed E-state index contributed by atoms with van der Waals surface area (Å²) >= 11 is 0. The summed E-state index contributed by atoms with van der Waals surface area (Å²) in [5.41, 5.74) is 1.19. The van der Waals surface area contributed by atoms with Crippen molar-refractivity contribution >= 4 is 11.8 Å². The summed E-state index contributed by atoms with van der Waals surface area (Å²) in [6.07, 6.45) is 4.44. The SMILES string of the molecule is CC(=O)N1CCc2nc([C@@H]3CCCCN3C(=O)[C@H]3C[C@H]3C)[nH]c(=O)c2C1. The lowest BCUT2D eigenvalue weighted by Crippen LogP contribution is -2.42. The Labute approximate surface area is 152 Å². The van der Waals surface area contributed by atoms with Gasteiger partial charge in [0.2, 0.25) is 11.8 Å². The Balaban J connectivity index is 1.62. The monoisotopic (exact) mass is 358 g/mol. The molecule has 7 heteroatoms. The lowest BCUT2D eigenvalue weighted by atomic mass is 9.99. The average molecular weight is 358 g/mol. The van der Waals surface area contributed by atoms with E-state index in [1.807, 2.05) is 4.90 Å². The molecule has 0 radical (unpaired) electrons. The highest BCUT2D eigenvalue weighted by molar-refractivity contribution is 5.82. The molecular weight excluding hydrogens is 332 g/mol. The number of hydrogen-bond donors (Lipinski definition) is 1. The molecule has 2 aliphatic heterocycles. The molecule has 4 rings (SSSR count). The number of H-pyrrole nitrogens is 1. The van der Waals surface area contributed by atoms with E-state index in [2.05, 4.69) is 11.9 Å². The molecule has 3 aliphatic rings. The Morgan fingerprint density at radius 2 is 2.00 bits per heavy atom. The first-order valence-corrected chi connectivity index (χ1v) is 9.63. The van der Waals surface area contributed by atoms with E-state index >= 15 is 0 Å². The zero-order valence-electron chi connectivity index (χ0n) is 15.5. The minimum Gasteiger partial charge on any atom is -0.338 e. The number of rotatable bonds is 2. The standard InChI is InChI=1S/C19H26N4O3/c1-11-9-13(11)19(26)23-7-4-3-5-16(23)17-20-15-6-8-22(12(2)24)10-14(15)18(25)21-17/h11,13,16H,3-10H2,1-2H3,(H,20,21,25)/t11-,13+,16+/m1/s1. The highest BCUT2D eigenvalue weighted by Crippen LogP contribution is 2.42. The lowest BCUT2D eigenvalue weighted by Gasteiger charge is -2.36. The number of carbonyl (C=O) groups excluding carboxylic acids is 2. The first kappa shape index (κ1) is 17.2. The van der Waals surface area contributed by atoms with Crippen LogP contribution in [0.4, 0.5) is 0 Å². The maximum Gasteiger partial charge on any atom is 0.256 e. The highest BCUT2D eigenvalue weighted by Gasteiger charge is 2.44. The van der Waals surface area contributed by atoms with E-state index in [0.717, 1.165) is 37.9 Å². The molecular formula is C19H26N4O3. The topological polar surface area (TPSA) is 86.4 Å². The van der Waals surface area contributed by atoms with Crippen molar-refractivity contribution in [1.29, 1.82) is 0 Å². The number of aromatic nitrogens is 2. The number of piperidine rings is 1. The predicted molar refractivity (Wildman–Crippen MR) is 95.2 cm³/mol. The summed E-state index contributed by atoms with van der Waals surface area (Å²) in [6, 6.07) is -0.132. The molecule has 1 aromatic rings. The average Bonchev–Trinajstić information content (AvgIpc) is 3.37. The molecule has 7 nitrogen and oxygen atoms in total. The smallest absolute Gasteiger partial charge is 0.256 e. The van der Waals surface area contributed by atoms with Gasteiger partial charge in [-0.1, -0.05) is 6.92 Å². The molecule has 26 heavy (non-hydrogen) atoms. The van der Waals surface area contributed by atoms with Crippen LogP contribution in [-0.2, 0) is 22.6 Å². The van der Waals surface area contributed by atoms with E-state index in [4.69, 9.17) is 4.98 Å². The van der Waals surface area contributed by atoms with Crippen LogP contribution in [0, 0.1) is 11.8 Å². The second-order valence-corrected chi connectivity index (χ2v) is 7.93. The Morgan fingerprint density at radius 3 is 2.69 bits per heavy atom. The number of aromatic amines is 1. The first-order chi connectivity index (χ1) is 12.5. The van der Waals surface area contributed by atoms with Crippen molar-refractivity contribution in [3.05, 3.63) is 27.4 Å². The van der Waals surface area contributed by atoms with Gasteiger partial charge in [0, 0.05) is 32.4 Å². The Hall–Kier alpha value is -2.18. The minimum absolute atomic E-state index is 0.0262. The van der Waals surface area contributed by atoms with Gasteiger partial charge in [0.1, 0.15) is 5.82 Å². The van der Waals surface area contributed by atoms with Gasteiger partial charge in [0.25, 0.3) is 5.56 Å². The van der Waals surface area contributed by atoms with E-state index in [9.17, 15) is 14.4 Å². The van der Waals surface area contributed by atoms with Gasteiger partial charge in [-0.05, 0) is 31.6 Å². The van der Waals surface area contributed by atoms with Gasteiger partial charge in [-0.15, -0.1) is 0 Å². The molecule has 2 amide bonds. The number of amides is 2. The number of fused-ring (bicyclic) bond motifs is 1. The number of nitrogens with zero attached hydrogens (tertiary/aromatic N) is 3. The molecule has 1 aliphatic carbocycles. The van der Waals surface area contributed by atoms with Crippen molar-refractivity contribution in [2.75, 3.05) is 13.1 Å². The Kier molecular flexibility index (Phi) is 4.32. The van der Waals surface area contributed by atoms with Gasteiger partial charge in [0.05, 0.1) is 23.8 Å². The van der Waals surface area contributed by atoms with Crippen LogP contribution in [0.5, 0.6) is 0 Å². The summed E-state index contributed by atoms with van der Waals surface area (Å²) in [6.45, 7) is 5.28. The summed E-state index contributed by atoms with van der Waals surface area (Å²) in [5.74, 6) is 1.42. The van der Waals surface area contributed by atoms with E-state index in [0.29, 0.717) is 36.8 Å². The van der Waals surface area contributed by atoms with Gasteiger partial charge in [0.15, 0.2) is 0 Å². The molecule has 0 unspecified atom stereocenters. The van der Waals surface area contributed by atoms with Crippen molar-refractivity contribution in [2.45, 2.75) is 58.5 Å². The second-order valence-electron chi connectivity index (χ2n) is 7.93. The van der Waals surface area contributed by atoms with E-state index in [1.165, 1.54) is 6.92 Å². The zero-order chi connectivity index (χ0) is 18.4. The van der Waals surface area contributed by atoms with Crippen molar-refractivity contribution in [2.24, 2.45) is 11.8 Å². The van der Waals surface area contributed by atoms with Crippen LogP contribution in [0.3, 0.4) is 0 Å². The fraction of sp³-hybridized carbons (Fsp3) is 0.684. The highest BCUT2D eigenvalue weighted by atomic mass is 16.2. The first-order valence-electron chi connectivity index (χ1n) is 9.63. The Bertz CT molecular complexity index is 802. The molecule has 3 atom stereocenters. The van der Waals surface area contributed by atoms with Crippen LogP contribution in [0.25, 0.3) is 0 Å². The van der Waals surface area contributed by atoms with E-state index < -0.39 is 0 Å². The van der Waals surface area contributed by atoms with Crippen molar-refractivity contribution in [3.63, 3.8) is 0 Å². The zero-order valence-corrected chi connectivity index (χ0v) is 15.5. The normalized spacial score (nSPS) is 27.8. The summed E-state index contributed by atoms with van der Waals surface area (Å²) in [5, 5.41) is 0. The minimum atomic E-state index is -0.172. The van der Waals surface area contributed by atoms with Crippen molar-refractivity contribution in [3.8, 4) is 0 Å². The van der Waals surface area contributed by atoms with Crippen LogP contribution in [0.15, 0.2) is 4.79 Å². The summed E-state index contributed by atoms with van der Waals surface area (Å²) in [7, 11) is 0. The molecule has 1 saturated carbocycles. The maximum atomic E-state index is 12.8. The van der Waals surface area contributed by atoms with Crippen LogP contribution >= 0.6 is 0 Å². The van der Waals surface area contributed by atoms with Crippen LogP contribution in [-0.4, -0.2) is 44.7 Å². The molecule has 1 N–H and O–H groups in total. The fourth-order valence-corrected chi connectivity index (χ4v) is 4.23. The van der Waals surface area contributed by atoms with Crippen molar-refractivity contribution in [1.82, 2.24) is 19.8 Å². The third-order valence-electron chi connectivity index (χ3n) is 6.06. The van der Waals surface area contributed by atoms with E-state index in [-0.39, 0.29) is 29.3 Å². The maximum absolute atomic E-state index is 12.8. The van der Waals surface area contributed by atoms with Crippen LogP contribution < -0.4 is 5.56 Å². The van der Waals surface area contributed by atoms with Gasteiger partial charge in [-0.2, -0.15) is 0 Å². The molecule has 3 heterocycles. The number of carbonyl (C=O) groups is 2. The molecule has 1 saturated heterocycles. The molecule has 0 bridgehead atoms. The molecule has 2 fully saturated rings. The fourth-order valence-electron chi connectivity index (χ4n) is 4.23. The van der Waals surface area contributed by atoms with Gasteiger partial charge < -0.3 is 14.8 Å². The van der Waals surface area contributed by atoms with Crippen LogP contribution in [0.2, 0.25) is 0 Å². The van der Waals surface area contributed by atoms with Gasteiger partial charge in [-0.3, -0.25) is 14.4 Å². The van der Waals surface area contributed by atoms with Gasteiger partial charge in [-0.25, -0.2) is 4.98 Å². The largest absolute Gasteiger partial charge is 0.338 e. The van der Waals surface area contributed by atoms with E-state index in [1.54, 1.807) is 4.90 Å². The predicted octanol–water partition coefficient (Wildman–Crippen LogP) is 1.38. The number of nitrogens with one attached hydrogen (secondary N) is 1.